The van der Waals surface area contributed by atoms with Crippen LogP contribution in [0.1, 0.15) is 194 Å². The smallest absolute Gasteiger partial charge is 0.306 e. The quantitative estimate of drug-likeness (QED) is 0.0262. The highest BCUT2D eigenvalue weighted by molar-refractivity contribution is 5.70. The normalized spacial score (nSPS) is 13.4. The maximum atomic E-state index is 12.7. The number of unbranched alkanes of at least 4 members (excludes halogenated alkanes) is 19. The molecule has 8 heteroatoms. The highest BCUT2D eigenvalue weighted by Crippen LogP contribution is 2.15. The summed E-state index contributed by atoms with van der Waals surface area (Å²) in [6, 6.07) is -0.727. The van der Waals surface area contributed by atoms with Gasteiger partial charge in [-0.15, -0.1) is 0 Å². The summed E-state index contributed by atoms with van der Waals surface area (Å²) >= 11 is 0. The predicted octanol–water partition coefficient (Wildman–Crippen LogP) is 11.5. The van der Waals surface area contributed by atoms with Gasteiger partial charge in [0.15, 0.2) is 6.10 Å². The number of allylic oxidation sites excluding steroid dienone is 8. The van der Waals surface area contributed by atoms with Crippen LogP contribution in [0.4, 0.5) is 0 Å². The first-order valence-electron chi connectivity index (χ1n) is 23.2. The number of esters is 2. The van der Waals surface area contributed by atoms with Gasteiger partial charge in [-0.2, -0.15) is 0 Å². The number of carbonyl (C=O) groups is 3. The summed E-state index contributed by atoms with van der Waals surface area (Å²) in [5.41, 5.74) is 0. The molecular formula is C49H87NO7. The SMILES string of the molecule is CC/C=C/C/C=C/C/C=C/CCCCCCCCCCCCCC(=O)OC(COCCC(C(=O)[O-])[N+](C)(C)C)COC(=O)CCCCCCC/C=C/CCCCC. The van der Waals surface area contributed by atoms with E-state index < -0.39 is 18.1 Å². The van der Waals surface area contributed by atoms with Crippen LogP contribution in [0.3, 0.4) is 0 Å². The molecule has 0 bridgehead atoms. The molecule has 8 nitrogen and oxygen atoms in total. The third-order valence-corrected chi connectivity index (χ3v) is 10.2. The number of ether oxygens (including phenoxy) is 3. The van der Waals surface area contributed by atoms with E-state index in [2.05, 4.69) is 62.5 Å². The Morgan fingerprint density at radius 3 is 1.47 bits per heavy atom. The van der Waals surface area contributed by atoms with Gasteiger partial charge in [0.1, 0.15) is 12.6 Å². The Morgan fingerprint density at radius 2 is 0.982 bits per heavy atom. The van der Waals surface area contributed by atoms with Crippen molar-refractivity contribution in [1.82, 2.24) is 0 Å². The van der Waals surface area contributed by atoms with Crippen molar-refractivity contribution in [3.8, 4) is 0 Å². The lowest BCUT2D eigenvalue weighted by molar-refractivity contribution is -0.889. The maximum absolute atomic E-state index is 12.7. The van der Waals surface area contributed by atoms with Gasteiger partial charge >= 0.3 is 11.9 Å². The minimum Gasteiger partial charge on any atom is -0.544 e. The number of aliphatic carboxylic acids is 1. The first-order chi connectivity index (χ1) is 27.6. The van der Waals surface area contributed by atoms with E-state index in [1.165, 1.54) is 89.9 Å². The molecule has 0 amide bonds. The third-order valence-electron chi connectivity index (χ3n) is 10.2. The molecule has 2 atom stereocenters. The van der Waals surface area contributed by atoms with Crippen LogP contribution in [0, 0.1) is 0 Å². The number of nitrogens with zero attached hydrogens (tertiary/aromatic N) is 1. The van der Waals surface area contributed by atoms with Crippen molar-refractivity contribution < 1.29 is 38.2 Å². The topological polar surface area (TPSA) is 102 Å². The van der Waals surface area contributed by atoms with E-state index in [0.717, 1.165) is 70.6 Å². The van der Waals surface area contributed by atoms with Gasteiger partial charge in [-0.3, -0.25) is 9.59 Å². The van der Waals surface area contributed by atoms with Crippen LogP contribution in [-0.4, -0.2) is 75.5 Å². The Labute approximate surface area is 350 Å². The van der Waals surface area contributed by atoms with E-state index in [-0.39, 0.29) is 42.7 Å². The van der Waals surface area contributed by atoms with Gasteiger partial charge in [0, 0.05) is 19.3 Å². The lowest BCUT2D eigenvalue weighted by Gasteiger charge is -2.34. The average molecular weight is 802 g/mol. The zero-order valence-electron chi connectivity index (χ0n) is 37.5. The van der Waals surface area contributed by atoms with Crippen molar-refractivity contribution in [3.63, 3.8) is 0 Å². The van der Waals surface area contributed by atoms with Gasteiger partial charge in [0.25, 0.3) is 0 Å². The van der Waals surface area contributed by atoms with Crippen LogP contribution in [0.25, 0.3) is 0 Å². The molecule has 0 aliphatic carbocycles. The molecular weight excluding hydrogens is 715 g/mol. The minimum atomic E-state index is -1.13. The van der Waals surface area contributed by atoms with Crippen molar-refractivity contribution in [2.75, 3.05) is 41.0 Å². The van der Waals surface area contributed by atoms with Crippen molar-refractivity contribution in [1.29, 1.82) is 0 Å². The van der Waals surface area contributed by atoms with Gasteiger partial charge in [0.05, 0.1) is 40.3 Å². The van der Waals surface area contributed by atoms with Crippen molar-refractivity contribution in [2.24, 2.45) is 0 Å². The highest BCUT2D eigenvalue weighted by atomic mass is 16.6. The molecule has 0 saturated carbocycles. The summed E-state index contributed by atoms with van der Waals surface area (Å²) in [6.45, 7) is 4.52. The fraction of sp³-hybridized carbons (Fsp3) is 0.776. The van der Waals surface area contributed by atoms with Crippen LogP contribution in [0.2, 0.25) is 0 Å². The fourth-order valence-corrected chi connectivity index (χ4v) is 6.61. The number of carboxylic acids is 1. The Kier molecular flexibility index (Phi) is 38.2. The number of quaternary nitrogens is 1. The van der Waals surface area contributed by atoms with Crippen molar-refractivity contribution >= 4 is 17.9 Å². The van der Waals surface area contributed by atoms with E-state index in [1.54, 1.807) is 21.1 Å². The zero-order valence-corrected chi connectivity index (χ0v) is 37.5. The van der Waals surface area contributed by atoms with E-state index in [0.29, 0.717) is 12.8 Å². The number of carbonyl (C=O) groups excluding carboxylic acids is 3. The van der Waals surface area contributed by atoms with E-state index in [9.17, 15) is 19.5 Å². The Bertz CT molecular complexity index is 1070. The Morgan fingerprint density at radius 1 is 0.544 bits per heavy atom. The summed E-state index contributed by atoms with van der Waals surface area (Å²) in [5, 5.41) is 11.6. The Hall–Kier alpha value is -2.71. The van der Waals surface area contributed by atoms with Crippen LogP contribution in [0.15, 0.2) is 48.6 Å². The lowest BCUT2D eigenvalue weighted by Crippen LogP contribution is -2.55. The predicted molar refractivity (Wildman–Crippen MR) is 236 cm³/mol. The molecule has 0 aliphatic rings. The van der Waals surface area contributed by atoms with Crippen LogP contribution >= 0.6 is 0 Å². The summed E-state index contributed by atoms with van der Waals surface area (Å²) in [4.78, 5) is 36.9. The first-order valence-corrected chi connectivity index (χ1v) is 23.2. The second-order valence-corrected chi connectivity index (χ2v) is 16.6. The number of rotatable bonds is 41. The molecule has 0 spiro atoms. The third kappa shape index (κ3) is 38.6. The van der Waals surface area contributed by atoms with Gasteiger partial charge < -0.3 is 28.6 Å². The average Bonchev–Trinajstić information content (AvgIpc) is 3.17. The molecule has 0 aliphatic heterocycles. The van der Waals surface area contributed by atoms with Crippen LogP contribution in [0.5, 0.6) is 0 Å². The summed E-state index contributed by atoms with van der Waals surface area (Å²) in [7, 11) is 5.40. The molecule has 0 aromatic carbocycles. The number of carboxylic acid groups (broad SMARTS) is 1. The van der Waals surface area contributed by atoms with Gasteiger partial charge in [-0.05, 0) is 70.6 Å². The molecule has 2 unspecified atom stereocenters. The molecule has 0 fully saturated rings. The van der Waals surface area contributed by atoms with Gasteiger partial charge in [0.2, 0.25) is 0 Å². The van der Waals surface area contributed by atoms with Crippen LogP contribution in [-0.2, 0) is 28.6 Å². The minimum absolute atomic E-state index is 0.0372. The zero-order chi connectivity index (χ0) is 42.1. The van der Waals surface area contributed by atoms with Crippen LogP contribution < -0.4 is 5.11 Å². The second kappa shape index (κ2) is 40.1. The second-order valence-electron chi connectivity index (χ2n) is 16.6. The summed E-state index contributed by atoms with van der Waals surface area (Å²) < 4.78 is 17.2. The Balaban J connectivity index is 4.27. The van der Waals surface area contributed by atoms with E-state index >= 15 is 0 Å². The largest absolute Gasteiger partial charge is 0.544 e. The highest BCUT2D eigenvalue weighted by Gasteiger charge is 2.25. The molecule has 0 saturated heterocycles. The van der Waals surface area contributed by atoms with Crippen molar-refractivity contribution in [3.05, 3.63) is 48.6 Å². The standard InChI is InChI=1S/C49H87NO7/c1-6-8-10-12-14-16-18-20-21-22-23-24-25-26-27-28-30-32-34-36-38-40-48(52)57-45(43-55-42-41-46(49(53)54)50(3,4)5)44-56-47(51)39-37-35-33-31-29-19-17-15-13-11-9-7-2/h8,10,14-17,20-21,45-46H,6-7,9,11-13,18-19,22-44H2,1-5H3/b10-8+,16-14+,17-15+,21-20+. The van der Waals surface area contributed by atoms with Gasteiger partial charge in [-0.25, -0.2) is 0 Å². The molecule has 57 heavy (non-hydrogen) atoms. The molecule has 0 aromatic heterocycles. The first kappa shape index (κ1) is 54.3. The fourth-order valence-electron chi connectivity index (χ4n) is 6.61. The molecule has 0 radical (unpaired) electrons. The molecule has 0 rings (SSSR count). The molecule has 0 N–H and O–H groups in total. The molecule has 330 valence electrons. The number of hydrogen-bond acceptors (Lipinski definition) is 7. The van der Waals surface area contributed by atoms with E-state index in [1.807, 2.05) is 0 Å². The van der Waals surface area contributed by atoms with Gasteiger partial charge in [-0.1, -0.05) is 152 Å². The lowest BCUT2D eigenvalue weighted by atomic mass is 10.0. The molecule has 0 aromatic rings. The van der Waals surface area contributed by atoms with Crippen molar-refractivity contribution in [2.45, 2.75) is 206 Å². The summed E-state index contributed by atoms with van der Waals surface area (Å²) in [5.74, 6) is -1.75. The number of hydrogen-bond donors (Lipinski definition) is 0. The maximum Gasteiger partial charge on any atom is 0.306 e. The van der Waals surface area contributed by atoms with E-state index in [4.69, 9.17) is 14.2 Å². The molecule has 0 heterocycles. The monoisotopic (exact) mass is 802 g/mol. The summed E-state index contributed by atoms with van der Waals surface area (Å²) in [6.07, 6.45) is 47.1. The number of likely N-dealkylation sites (N-methyl/N-ethyl adjacent to an activating group) is 1.